The maximum atomic E-state index is 13.0. The summed E-state index contributed by atoms with van der Waals surface area (Å²) in [6.07, 6.45) is 99.3. The van der Waals surface area contributed by atoms with Gasteiger partial charge in [0.2, 0.25) is 0 Å². The van der Waals surface area contributed by atoms with Gasteiger partial charge in [-0.2, -0.15) is 0 Å². The number of aliphatic carboxylic acids is 1. The lowest BCUT2D eigenvalue weighted by atomic mass is 10.0. The van der Waals surface area contributed by atoms with Gasteiger partial charge in [-0.05, 0) is 122 Å². The Morgan fingerprint density at radius 2 is 0.607 bits per heavy atom. The number of hydrogen-bond donors (Lipinski definition) is 1. The van der Waals surface area contributed by atoms with E-state index in [1.165, 1.54) is 89.9 Å². The first-order valence-corrected chi connectivity index (χ1v) is 35.6. The molecule has 0 saturated heterocycles. The lowest BCUT2D eigenvalue weighted by molar-refractivity contribution is -0.870. The van der Waals surface area contributed by atoms with Crippen LogP contribution in [0.25, 0.3) is 0 Å². The maximum Gasteiger partial charge on any atom is 0.361 e. The van der Waals surface area contributed by atoms with Crippen molar-refractivity contribution < 1.29 is 42.9 Å². The molecule has 0 spiro atoms. The van der Waals surface area contributed by atoms with E-state index in [9.17, 15) is 19.5 Å². The number of unbranched alkanes of at least 4 members (excludes halogenated alkanes) is 23. The van der Waals surface area contributed by atoms with Crippen LogP contribution in [0.3, 0.4) is 0 Å². The first-order valence-electron chi connectivity index (χ1n) is 35.6. The van der Waals surface area contributed by atoms with Crippen LogP contribution in [0.4, 0.5) is 0 Å². The van der Waals surface area contributed by atoms with Crippen LogP contribution < -0.4 is 0 Å². The highest BCUT2D eigenvalue weighted by atomic mass is 16.7. The summed E-state index contributed by atoms with van der Waals surface area (Å²) in [5, 5.41) is 9.75. The van der Waals surface area contributed by atoms with E-state index in [1.54, 1.807) is 0 Å². The van der Waals surface area contributed by atoms with Crippen molar-refractivity contribution in [2.24, 2.45) is 0 Å². The van der Waals surface area contributed by atoms with Crippen molar-refractivity contribution in [2.45, 2.75) is 283 Å². The molecule has 0 bridgehead atoms. The molecule has 0 rings (SSSR count). The van der Waals surface area contributed by atoms with Crippen molar-refractivity contribution in [3.8, 4) is 0 Å². The fourth-order valence-electron chi connectivity index (χ4n) is 9.41. The second-order valence-corrected chi connectivity index (χ2v) is 24.4. The molecule has 0 aliphatic rings. The number of ether oxygens (including phenoxy) is 4. The molecule has 0 aromatic carbocycles. The molecule has 0 radical (unpaired) electrons. The van der Waals surface area contributed by atoms with Gasteiger partial charge in [-0.1, -0.05) is 294 Å². The van der Waals surface area contributed by atoms with Crippen molar-refractivity contribution in [2.75, 3.05) is 47.5 Å². The van der Waals surface area contributed by atoms with Crippen molar-refractivity contribution in [3.63, 3.8) is 0 Å². The molecular formula is C80H132NO8+. The summed E-state index contributed by atoms with van der Waals surface area (Å²) in [7, 11) is 5.97. The number of carbonyl (C=O) groups excluding carboxylic acids is 2. The third-order valence-electron chi connectivity index (χ3n) is 14.8. The number of carbonyl (C=O) groups is 3. The molecule has 1 N–H and O–H groups in total. The highest BCUT2D eigenvalue weighted by molar-refractivity contribution is 5.71. The Kier molecular flexibility index (Phi) is 64.9. The molecule has 0 aliphatic carbocycles. The lowest BCUT2D eigenvalue weighted by Gasteiger charge is -2.25. The highest BCUT2D eigenvalue weighted by Gasteiger charge is 2.25. The summed E-state index contributed by atoms with van der Waals surface area (Å²) in [6.45, 7) is 4.63. The summed E-state index contributed by atoms with van der Waals surface area (Å²) in [5.41, 5.74) is 0. The molecule has 0 heterocycles. The maximum absolute atomic E-state index is 13.0. The van der Waals surface area contributed by atoms with Gasteiger partial charge >= 0.3 is 17.9 Å². The number of allylic oxidation sites excluding steroid dienone is 26. The Balaban J connectivity index is 4.13. The predicted octanol–water partition coefficient (Wildman–Crippen LogP) is 22.5. The fourth-order valence-corrected chi connectivity index (χ4v) is 9.41. The Bertz CT molecular complexity index is 2020. The second-order valence-electron chi connectivity index (χ2n) is 24.4. The number of quaternary nitrogens is 1. The molecule has 9 heteroatoms. The van der Waals surface area contributed by atoms with Crippen LogP contribution in [-0.2, 0) is 33.3 Å². The van der Waals surface area contributed by atoms with Gasteiger partial charge in [-0.3, -0.25) is 9.59 Å². The first kappa shape index (κ1) is 83.9. The van der Waals surface area contributed by atoms with Gasteiger partial charge < -0.3 is 28.5 Å². The molecule has 0 fully saturated rings. The molecule has 2 unspecified atom stereocenters. The highest BCUT2D eigenvalue weighted by Crippen LogP contribution is 2.17. The van der Waals surface area contributed by atoms with Crippen molar-refractivity contribution >= 4 is 17.9 Å². The number of nitrogens with zero attached hydrogens (tertiary/aromatic N) is 1. The van der Waals surface area contributed by atoms with Gasteiger partial charge in [0, 0.05) is 12.8 Å². The summed E-state index contributed by atoms with van der Waals surface area (Å²) < 4.78 is 23.0. The Hall–Kier alpha value is -5.09. The predicted molar refractivity (Wildman–Crippen MR) is 382 cm³/mol. The number of carboxylic acids is 1. The van der Waals surface area contributed by atoms with E-state index >= 15 is 0 Å². The van der Waals surface area contributed by atoms with Gasteiger partial charge in [0.1, 0.15) is 13.2 Å². The SMILES string of the molecule is CC/C=C\C/C=C\C/C=C\C/C=C\C/C=C\C/C=C\C/C=C\CCCCCCCCCCCCCCCCCCCC(=O)OC(COC(=O)CCCCCCCC/C=C\C/C=C\C/C=C\C/C=C\C/C=C\C/C=C\CC)COC(OCC[N+](C)(C)C)C(=O)O. The van der Waals surface area contributed by atoms with E-state index < -0.39 is 24.3 Å². The van der Waals surface area contributed by atoms with E-state index in [4.69, 9.17) is 18.9 Å². The van der Waals surface area contributed by atoms with Crippen LogP contribution in [0, 0.1) is 0 Å². The molecular weight excluding hydrogens is 1100 g/mol. The summed E-state index contributed by atoms with van der Waals surface area (Å²) in [5.74, 6) is -2.03. The van der Waals surface area contributed by atoms with Gasteiger partial charge in [0.15, 0.2) is 6.10 Å². The van der Waals surface area contributed by atoms with E-state index in [1.807, 2.05) is 21.1 Å². The summed E-state index contributed by atoms with van der Waals surface area (Å²) in [4.78, 5) is 37.6. The Morgan fingerprint density at radius 3 is 0.899 bits per heavy atom. The molecule has 89 heavy (non-hydrogen) atoms. The molecule has 2 atom stereocenters. The zero-order chi connectivity index (χ0) is 64.7. The number of rotatable bonds is 64. The topological polar surface area (TPSA) is 108 Å². The zero-order valence-corrected chi connectivity index (χ0v) is 57.5. The van der Waals surface area contributed by atoms with Crippen LogP contribution in [0.1, 0.15) is 271 Å². The first-order chi connectivity index (χ1) is 43.6. The van der Waals surface area contributed by atoms with Crippen LogP contribution >= 0.6 is 0 Å². The normalized spacial score (nSPS) is 13.7. The number of carboxylic acid groups (broad SMARTS) is 1. The quantitative estimate of drug-likeness (QED) is 0.0211. The number of likely N-dealkylation sites (N-methyl/N-ethyl adjacent to an activating group) is 1. The minimum absolute atomic E-state index is 0.178. The summed E-state index contributed by atoms with van der Waals surface area (Å²) >= 11 is 0. The Morgan fingerprint density at radius 1 is 0.337 bits per heavy atom. The Labute approximate surface area is 546 Å². The van der Waals surface area contributed by atoms with E-state index in [2.05, 4.69) is 172 Å². The fraction of sp³-hybridized carbons (Fsp3) is 0.637. The number of esters is 2. The van der Waals surface area contributed by atoms with E-state index in [-0.39, 0.29) is 38.6 Å². The van der Waals surface area contributed by atoms with E-state index in [0.717, 1.165) is 148 Å². The van der Waals surface area contributed by atoms with Crippen molar-refractivity contribution in [1.29, 1.82) is 0 Å². The summed E-state index contributed by atoms with van der Waals surface area (Å²) in [6, 6.07) is 0. The van der Waals surface area contributed by atoms with Crippen LogP contribution in [0.2, 0.25) is 0 Å². The average molecular weight is 1240 g/mol. The van der Waals surface area contributed by atoms with Gasteiger partial charge in [0.25, 0.3) is 6.29 Å². The van der Waals surface area contributed by atoms with Gasteiger partial charge in [-0.15, -0.1) is 0 Å². The molecule has 0 aromatic heterocycles. The van der Waals surface area contributed by atoms with Gasteiger partial charge in [-0.25, -0.2) is 4.79 Å². The largest absolute Gasteiger partial charge is 0.477 e. The molecule has 504 valence electrons. The molecule has 9 nitrogen and oxygen atoms in total. The number of hydrogen-bond acceptors (Lipinski definition) is 7. The third-order valence-corrected chi connectivity index (χ3v) is 14.8. The van der Waals surface area contributed by atoms with Crippen molar-refractivity contribution in [3.05, 3.63) is 158 Å². The lowest BCUT2D eigenvalue weighted by Crippen LogP contribution is -2.40. The molecule has 0 aliphatic heterocycles. The second kappa shape index (κ2) is 68.8. The third kappa shape index (κ3) is 70.2. The zero-order valence-electron chi connectivity index (χ0n) is 57.5. The average Bonchev–Trinajstić information content (AvgIpc) is 3.64. The minimum atomic E-state index is -1.52. The van der Waals surface area contributed by atoms with Crippen LogP contribution in [0.5, 0.6) is 0 Å². The van der Waals surface area contributed by atoms with Crippen LogP contribution in [-0.4, -0.2) is 87.4 Å². The van der Waals surface area contributed by atoms with Crippen LogP contribution in [0.15, 0.2) is 158 Å². The molecule has 0 amide bonds. The van der Waals surface area contributed by atoms with Gasteiger partial charge in [0.05, 0.1) is 34.4 Å². The standard InChI is InChI=1S/C80H131NO8/c1-6-8-10-12-14-16-18-20-22-24-26-28-30-32-33-34-35-36-37-38-39-40-41-42-43-44-45-47-49-51-53-55-57-59-61-63-65-67-69-71-78(83)89-76(75-88-80(79(84)85)86-73-72-81(3,4)5)74-87-77(82)70-68-66-64-62-60-58-56-54-52-50-48-46-31-29-27-25-23-21-19-17-15-13-11-9-7-2/h8-11,14-17,20-23,26-29,32-33,35-36,38-39,46,48,52,54,76,80H,6-7,12-13,18-19,24-25,30-31,34,37,40-45,47,49-51,53,55-75H2,1-5H3/p+1/b10-8-,11-9-,16-14-,17-15-,22-20-,23-21-,28-26-,29-27-,33-32-,36-35-,39-38-,48-46-,54-52-. The molecule has 0 saturated carbocycles. The monoisotopic (exact) mass is 1230 g/mol. The van der Waals surface area contributed by atoms with Crippen molar-refractivity contribution in [1.82, 2.24) is 0 Å². The molecule has 0 aromatic rings. The minimum Gasteiger partial charge on any atom is -0.477 e. The van der Waals surface area contributed by atoms with E-state index in [0.29, 0.717) is 17.4 Å². The smallest absolute Gasteiger partial charge is 0.361 e.